The fourth-order valence-corrected chi connectivity index (χ4v) is 4.07. The van der Waals surface area contributed by atoms with Crippen LogP contribution in [0.2, 0.25) is 0 Å². The van der Waals surface area contributed by atoms with Gasteiger partial charge in [-0.05, 0) is 50.2 Å². The van der Waals surface area contributed by atoms with E-state index in [2.05, 4.69) is 22.7 Å². The second-order valence-corrected chi connectivity index (χ2v) is 7.54. The Bertz CT molecular complexity index is 933. The first-order valence-corrected chi connectivity index (χ1v) is 10.3. The Morgan fingerprint density at radius 2 is 1.96 bits per heavy atom. The summed E-state index contributed by atoms with van der Waals surface area (Å²) in [6, 6.07) is 15.6. The van der Waals surface area contributed by atoms with E-state index in [9.17, 15) is 4.79 Å². The molecular weight excluding hydrogens is 370 g/mol. The summed E-state index contributed by atoms with van der Waals surface area (Å²) in [6.45, 7) is 7.61. The quantitative estimate of drug-likeness (QED) is 0.529. The lowest BCUT2D eigenvalue weighted by molar-refractivity contribution is 0.102. The molecule has 0 radical (unpaired) electrons. The zero-order valence-corrected chi connectivity index (χ0v) is 17.2. The molecule has 6 heteroatoms. The van der Waals surface area contributed by atoms with E-state index in [1.807, 2.05) is 62.4 Å². The summed E-state index contributed by atoms with van der Waals surface area (Å²) in [5.41, 5.74) is 4.57. The summed E-state index contributed by atoms with van der Waals surface area (Å²) < 4.78 is 5.23. The Morgan fingerprint density at radius 1 is 1.14 bits per heavy atom. The van der Waals surface area contributed by atoms with Crippen LogP contribution < -0.4 is 10.6 Å². The van der Waals surface area contributed by atoms with Gasteiger partial charge in [-0.1, -0.05) is 36.3 Å². The Kier molecular flexibility index (Phi) is 6.90. The van der Waals surface area contributed by atoms with Crippen molar-refractivity contribution in [2.45, 2.75) is 38.0 Å². The molecular formula is C22H25N3O2S. The molecule has 1 amide bonds. The van der Waals surface area contributed by atoms with Gasteiger partial charge >= 0.3 is 0 Å². The van der Waals surface area contributed by atoms with Crippen molar-refractivity contribution < 1.29 is 9.32 Å². The van der Waals surface area contributed by atoms with E-state index < -0.39 is 0 Å². The van der Waals surface area contributed by atoms with Crippen LogP contribution in [0.3, 0.4) is 0 Å². The molecule has 0 unspecified atom stereocenters. The smallest absolute Gasteiger partial charge is 0.256 e. The lowest BCUT2D eigenvalue weighted by Crippen LogP contribution is -2.14. The number of nitrogens with one attached hydrogen (secondary N) is 2. The van der Waals surface area contributed by atoms with Crippen LogP contribution >= 0.6 is 11.8 Å². The highest BCUT2D eigenvalue weighted by Crippen LogP contribution is 2.29. The molecule has 1 aromatic heterocycles. The molecule has 0 fully saturated rings. The first kappa shape index (κ1) is 20.2. The molecule has 28 heavy (non-hydrogen) atoms. The van der Waals surface area contributed by atoms with Crippen LogP contribution in [0.15, 0.2) is 57.9 Å². The highest BCUT2D eigenvalue weighted by atomic mass is 32.2. The second kappa shape index (κ2) is 9.57. The number of aryl methyl sites for hydroxylation is 2. The predicted molar refractivity (Wildman–Crippen MR) is 114 cm³/mol. The minimum Gasteiger partial charge on any atom is -0.361 e. The maximum atomic E-state index is 12.9. The molecule has 0 spiro atoms. The molecule has 0 bridgehead atoms. The van der Waals surface area contributed by atoms with E-state index in [1.165, 1.54) is 0 Å². The minimum absolute atomic E-state index is 0.109. The molecule has 2 aromatic carbocycles. The zero-order valence-electron chi connectivity index (χ0n) is 16.4. The number of amides is 1. The van der Waals surface area contributed by atoms with Crippen LogP contribution in [0.25, 0.3) is 0 Å². The van der Waals surface area contributed by atoms with Crippen LogP contribution in [0.5, 0.6) is 0 Å². The Morgan fingerprint density at radius 3 is 2.71 bits per heavy atom. The highest BCUT2D eigenvalue weighted by molar-refractivity contribution is 7.98. The summed E-state index contributed by atoms with van der Waals surface area (Å²) in [5, 5.41) is 10.3. The molecule has 0 aliphatic carbocycles. The average Bonchev–Trinajstić information content (AvgIpc) is 3.03. The van der Waals surface area contributed by atoms with Crippen LogP contribution in [-0.4, -0.2) is 17.6 Å². The molecule has 1 heterocycles. The maximum absolute atomic E-state index is 12.9. The van der Waals surface area contributed by atoms with E-state index in [-0.39, 0.29) is 5.91 Å². The maximum Gasteiger partial charge on any atom is 0.256 e. The van der Waals surface area contributed by atoms with Gasteiger partial charge in [0.25, 0.3) is 5.91 Å². The van der Waals surface area contributed by atoms with Crippen LogP contribution in [0, 0.1) is 13.8 Å². The Balaban J connectivity index is 1.72. The molecule has 0 saturated carbocycles. The molecule has 146 valence electrons. The molecule has 0 atom stereocenters. The lowest BCUT2D eigenvalue weighted by Gasteiger charge is -2.11. The van der Waals surface area contributed by atoms with Gasteiger partial charge in [0.2, 0.25) is 0 Å². The third-order valence-corrected chi connectivity index (χ3v) is 5.55. The van der Waals surface area contributed by atoms with Crippen LogP contribution in [0.1, 0.15) is 39.9 Å². The largest absolute Gasteiger partial charge is 0.361 e. The molecule has 0 aliphatic rings. The van der Waals surface area contributed by atoms with Crippen molar-refractivity contribution in [3.05, 3.63) is 76.7 Å². The van der Waals surface area contributed by atoms with Crippen LogP contribution in [-0.2, 0) is 12.3 Å². The van der Waals surface area contributed by atoms with Gasteiger partial charge < -0.3 is 15.2 Å². The Hall–Kier alpha value is -2.57. The fraction of sp³-hybridized carbons (Fsp3) is 0.273. The van der Waals surface area contributed by atoms with Gasteiger partial charge in [-0.25, -0.2) is 0 Å². The number of carbonyl (C=O) groups is 1. The second-order valence-electron chi connectivity index (χ2n) is 6.52. The van der Waals surface area contributed by atoms with Gasteiger partial charge in [0, 0.05) is 28.4 Å². The van der Waals surface area contributed by atoms with Crippen molar-refractivity contribution in [1.82, 2.24) is 10.5 Å². The van der Waals surface area contributed by atoms with Crippen molar-refractivity contribution in [2.24, 2.45) is 0 Å². The van der Waals surface area contributed by atoms with Gasteiger partial charge in [-0.3, -0.25) is 4.79 Å². The minimum atomic E-state index is -0.109. The number of anilines is 1. The molecule has 0 saturated heterocycles. The first-order chi connectivity index (χ1) is 13.6. The van der Waals surface area contributed by atoms with Crippen molar-refractivity contribution >= 4 is 23.4 Å². The summed E-state index contributed by atoms with van der Waals surface area (Å²) in [5.74, 6) is 1.43. The third-order valence-electron chi connectivity index (χ3n) is 4.45. The SMILES string of the molecule is CCNCc1cccc(NC(=O)c2ccccc2SCc2c(C)noc2C)c1. The number of rotatable bonds is 8. The van der Waals surface area contributed by atoms with E-state index in [0.29, 0.717) is 11.3 Å². The average molecular weight is 396 g/mol. The van der Waals surface area contributed by atoms with Gasteiger partial charge in [0.15, 0.2) is 0 Å². The summed E-state index contributed by atoms with van der Waals surface area (Å²) in [4.78, 5) is 13.8. The summed E-state index contributed by atoms with van der Waals surface area (Å²) in [6.07, 6.45) is 0. The summed E-state index contributed by atoms with van der Waals surface area (Å²) in [7, 11) is 0. The number of aromatic nitrogens is 1. The van der Waals surface area contributed by atoms with E-state index in [4.69, 9.17) is 4.52 Å². The lowest BCUT2D eigenvalue weighted by atomic mass is 10.1. The van der Waals surface area contributed by atoms with E-state index in [0.717, 1.165) is 46.3 Å². The molecule has 5 nitrogen and oxygen atoms in total. The van der Waals surface area contributed by atoms with Crippen molar-refractivity contribution in [1.29, 1.82) is 0 Å². The first-order valence-electron chi connectivity index (χ1n) is 9.33. The summed E-state index contributed by atoms with van der Waals surface area (Å²) >= 11 is 1.62. The predicted octanol–water partition coefficient (Wildman–Crippen LogP) is 4.95. The molecule has 2 N–H and O–H groups in total. The normalized spacial score (nSPS) is 10.8. The van der Waals surface area contributed by atoms with Gasteiger partial charge in [0.05, 0.1) is 11.3 Å². The number of thioether (sulfide) groups is 1. The fourth-order valence-electron chi connectivity index (χ4n) is 2.86. The number of nitrogens with zero attached hydrogens (tertiary/aromatic N) is 1. The number of hydrogen-bond donors (Lipinski definition) is 2. The molecule has 0 aliphatic heterocycles. The number of benzene rings is 2. The van der Waals surface area contributed by atoms with Crippen molar-refractivity contribution in [3.63, 3.8) is 0 Å². The number of hydrogen-bond acceptors (Lipinski definition) is 5. The highest BCUT2D eigenvalue weighted by Gasteiger charge is 2.14. The molecule has 3 rings (SSSR count). The standard InChI is InChI=1S/C22H25N3O2S/c1-4-23-13-17-8-7-9-18(12-17)24-22(26)19-10-5-6-11-21(19)28-14-20-15(2)25-27-16(20)3/h5-12,23H,4,13-14H2,1-3H3,(H,24,26). The molecule has 3 aromatic rings. The monoisotopic (exact) mass is 395 g/mol. The van der Waals surface area contributed by atoms with Crippen molar-refractivity contribution in [3.8, 4) is 0 Å². The topological polar surface area (TPSA) is 67.2 Å². The van der Waals surface area contributed by atoms with E-state index >= 15 is 0 Å². The van der Waals surface area contributed by atoms with Gasteiger partial charge in [-0.15, -0.1) is 11.8 Å². The van der Waals surface area contributed by atoms with Crippen molar-refractivity contribution in [2.75, 3.05) is 11.9 Å². The third kappa shape index (κ3) is 5.03. The Labute approximate surface area is 169 Å². The zero-order chi connectivity index (χ0) is 19.9. The number of carbonyl (C=O) groups excluding carboxylic acids is 1. The van der Waals surface area contributed by atoms with E-state index in [1.54, 1.807) is 11.8 Å². The van der Waals surface area contributed by atoms with Crippen LogP contribution in [0.4, 0.5) is 5.69 Å². The van der Waals surface area contributed by atoms with Gasteiger partial charge in [0.1, 0.15) is 5.76 Å². The van der Waals surface area contributed by atoms with Gasteiger partial charge in [-0.2, -0.15) is 0 Å².